The van der Waals surface area contributed by atoms with Crippen LogP contribution in [0.15, 0.2) is 42.6 Å². The highest BCUT2D eigenvalue weighted by molar-refractivity contribution is 5.92. The second-order valence-electron chi connectivity index (χ2n) is 8.01. The van der Waals surface area contributed by atoms with Gasteiger partial charge in [0.2, 0.25) is 5.91 Å². The lowest BCUT2D eigenvalue weighted by atomic mass is 9.92. The molecule has 1 aromatic carbocycles. The number of nitrogens with zero attached hydrogens (tertiary/aromatic N) is 4. The Kier molecular flexibility index (Phi) is 6.79. The molecule has 8 heteroatoms. The van der Waals surface area contributed by atoms with Gasteiger partial charge in [0, 0.05) is 50.0 Å². The third-order valence-corrected chi connectivity index (χ3v) is 5.71. The molecule has 8 nitrogen and oxygen atoms in total. The zero-order chi connectivity index (χ0) is 21.6. The highest BCUT2D eigenvalue weighted by atomic mass is 16.5. The molecule has 0 saturated carbocycles. The molecule has 3 aromatic rings. The molecule has 0 bridgehead atoms. The fraction of sp³-hybridized carbons (Fsp3) is 0.435. The van der Waals surface area contributed by atoms with Gasteiger partial charge in [-0.15, -0.1) is 0 Å². The first kappa shape index (κ1) is 21.3. The molecular weight excluding hydrogens is 392 g/mol. The van der Waals surface area contributed by atoms with Crippen LogP contribution in [0.4, 0.5) is 11.6 Å². The topological polar surface area (TPSA) is 84.3 Å². The van der Waals surface area contributed by atoms with Crippen molar-refractivity contribution in [2.75, 3.05) is 50.5 Å². The van der Waals surface area contributed by atoms with Crippen LogP contribution >= 0.6 is 0 Å². The van der Waals surface area contributed by atoms with Gasteiger partial charge in [0.25, 0.3) is 0 Å². The maximum atomic E-state index is 12.3. The van der Waals surface area contributed by atoms with Gasteiger partial charge >= 0.3 is 0 Å². The molecular formula is C23H30N6O2. The van der Waals surface area contributed by atoms with Crippen molar-refractivity contribution < 1.29 is 9.53 Å². The van der Waals surface area contributed by atoms with Crippen molar-refractivity contribution in [3.05, 3.63) is 48.3 Å². The van der Waals surface area contributed by atoms with Gasteiger partial charge in [-0.3, -0.25) is 14.4 Å². The zero-order valence-electron chi connectivity index (χ0n) is 18.2. The molecule has 1 amide bonds. The number of piperidine rings is 1. The number of aryl methyl sites for hydroxylation is 1. The maximum absolute atomic E-state index is 12.3. The molecule has 0 radical (unpaired) electrons. The minimum absolute atomic E-state index is 0.0226. The van der Waals surface area contributed by atoms with E-state index in [-0.39, 0.29) is 5.91 Å². The minimum atomic E-state index is -0.0226. The van der Waals surface area contributed by atoms with Crippen LogP contribution in [0, 0.1) is 0 Å². The first-order valence-corrected chi connectivity index (χ1v) is 10.8. The van der Waals surface area contributed by atoms with Gasteiger partial charge < -0.3 is 15.4 Å². The van der Waals surface area contributed by atoms with Gasteiger partial charge in [-0.1, -0.05) is 24.3 Å². The average Bonchev–Trinajstić information content (AvgIpc) is 3.18. The number of carbonyl (C=O) groups is 1. The summed E-state index contributed by atoms with van der Waals surface area (Å²) in [6.07, 6.45) is 3.79. The summed E-state index contributed by atoms with van der Waals surface area (Å²) < 4.78 is 6.85. The number of aromatic nitrogens is 3. The van der Waals surface area contributed by atoms with Crippen LogP contribution in [0.25, 0.3) is 10.8 Å². The van der Waals surface area contributed by atoms with E-state index in [1.165, 1.54) is 5.39 Å². The summed E-state index contributed by atoms with van der Waals surface area (Å²) in [5.74, 6) is 1.88. The summed E-state index contributed by atoms with van der Waals surface area (Å²) in [5, 5.41) is 12.8. The van der Waals surface area contributed by atoms with Crippen molar-refractivity contribution in [1.82, 2.24) is 19.7 Å². The Morgan fingerprint density at radius 3 is 2.77 bits per heavy atom. The molecule has 2 N–H and O–H groups in total. The van der Waals surface area contributed by atoms with E-state index in [1.807, 2.05) is 19.3 Å². The van der Waals surface area contributed by atoms with Crippen molar-refractivity contribution in [3.8, 4) is 0 Å². The number of likely N-dealkylation sites (tertiary alicyclic amines) is 1. The first-order valence-electron chi connectivity index (χ1n) is 10.8. The number of fused-ring (bicyclic) bond motifs is 1. The Morgan fingerprint density at radius 1 is 1.23 bits per heavy atom. The standard InChI is InChI=1S/C23H30N6O2/c1-28-11-9-21(27-28)26-22(30)16-29-12-7-17(8-13-29)20-15-18-5-3-4-6-19(18)23(25-20)24-10-14-31-2/h3-6,9,11,15,17H,7-8,10,12-14,16H2,1-2H3,(H,24,25)(H,26,27,30). The summed E-state index contributed by atoms with van der Waals surface area (Å²) in [4.78, 5) is 19.5. The fourth-order valence-corrected chi connectivity index (χ4v) is 4.09. The van der Waals surface area contributed by atoms with Crippen molar-refractivity contribution in [2.24, 2.45) is 7.05 Å². The van der Waals surface area contributed by atoms with Gasteiger partial charge in [0.05, 0.1) is 13.2 Å². The molecule has 1 aliphatic heterocycles. The van der Waals surface area contributed by atoms with Crippen LogP contribution < -0.4 is 10.6 Å². The predicted octanol–water partition coefficient (Wildman–Crippen LogP) is 2.84. The van der Waals surface area contributed by atoms with Crippen molar-refractivity contribution in [3.63, 3.8) is 0 Å². The van der Waals surface area contributed by atoms with Crippen LogP contribution in [0.2, 0.25) is 0 Å². The Hall–Kier alpha value is -2.97. The Morgan fingerprint density at radius 2 is 2.03 bits per heavy atom. The molecule has 0 spiro atoms. The SMILES string of the molecule is COCCNc1nc(C2CCN(CC(=O)Nc3ccn(C)n3)CC2)cc2ccccc12. The highest BCUT2D eigenvalue weighted by Crippen LogP contribution is 2.31. The van der Waals surface area contributed by atoms with Gasteiger partial charge in [-0.05, 0) is 37.4 Å². The minimum Gasteiger partial charge on any atom is -0.383 e. The second kappa shape index (κ2) is 9.89. The summed E-state index contributed by atoms with van der Waals surface area (Å²) in [5.41, 5.74) is 1.12. The number of amides is 1. The lowest BCUT2D eigenvalue weighted by Crippen LogP contribution is -2.39. The van der Waals surface area contributed by atoms with Crippen molar-refractivity contribution in [2.45, 2.75) is 18.8 Å². The quantitative estimate of drug-likeness (QED) is 0.543. The Balaban J connectivity index is 1.38. The van der Waals surface area contributed by atoms with E-state index in [1.54, 1.807) is 17.9 Å². The van der Waals surface area contributed by atoms with Crippen LogP contribution in [-0.4, -0.2) is 65.5 Å². The Bertz CT molecular complexity index is 1030. The number of methoxy groups -OCH3 is 1. The molecule has 0 atom stereocenters. The first-order chi connectivity index (χ1) is 15.1. The van der Waals surface area contributed by atoms with E-state index >= 15 is 0 Å². The number of carbonyl (C=O) groups excluding carboxylic acids is 1. The number of pyridine rings is 1. The van der Waals surface area contributed by atoms with Crippen LogP contribution in [0.3, 0.4) is 0 Å². The largest absolute Gasteiger partial charge is 0.383 e. The van der Waals surface area contributed by atoms with E-state index in [2.05, 4.69) is 44.9 Å². The fourth-order valence-electron chi connectivity index (χ4n) is 4.09. The molecule has 1 aliphatic rings. The van der Waals surface area contributed by atoms with E-state index in [9.17, 15) is 4.79 Å². The van der Waals surface area contributed by atoms with E-state index in [0.29, 0.717) is 24.9 Å². The van der Waals surface area contributed by atoms with E-state index in [4.69, 9.17) is 9.72 Å². The molecule has 1 fully saturated rings. The number of benzene rings is 1. The normalized spacial score (nSPS) is 15.3. The zero-order valence-corrected chi connectivity index (χ0v) is 18.2. The van der Waals surface area contributed by atoms with Gasteiger partial charge in [0.15, 0.2) is 5.82 Å². The third kappa shape index (κ3) is 5.39. The molecule has 0 unspecified atom stereocenters. The summed E-state index contributed by atoms with van der Waals surface area (Å²) in [7, 11) is 3.54. The number of anilines is 2. The molecule has 2 aromatic heterocycles. The van der Waals surface area contributed by atoms with Crippen molar-refractivity contribution in [1.29, 1.82) is 0 Å². The molecule has 1 saturated heterocycles. The van der Waals surface area contributed by atoms with Crippen molar-refractivity contribution >= 4 is 28.3 Å². The van der Waals surface area contributed by atoms with Gasteiger partial charge in [0.1, 0.15) is 5.82 Å². The predicted molar refractivity (Wildman–Crippen MR) is 122 cm³/mol. The van der Waals surface area contributed by atoms with Crippen LogP contribution in [0.5, 0.6) is 0 Å². The van der Waals surface area contributed by atoms with E-state index in [0.717, 1.165) is 49.4 Å². The number of rotatable bonds is 8. The molecule has 31 heavy (non-hydrogen) atoms. The van der Waals surface area contributed by atoms with Crippen LogP contribution in [0.1, 0.15) is 24.5 Å². The van der Waals surface area contributed by atoms with E-state index < -0.39 is 0 Å². The highest BCUT2D eigenvalue weighted by Gasteiger charge is 2.24. The summed E-state index contributed by atoms with van der Waals surface area (Å²) in [6, 6.07) is 12.4. The van der Waals surface area contributed by atoms with Gasteiger partial charge in [-0.2, -0.15) is 5.10 Å². The molecule has 4 rings (SSSR count). The van der Waals surface area contributed by atoms with Crippen LogP contribution in [-0.2, 0) is 16.6 Å². The smallest absolute Gasteiger partial charge is 0.239 e. The number of nitrogens with one attached hydrogen (secondary N) is 2. The Labute approximate surface area is 182 Å². The lowest BCUT2D eigenvalue weighted by molar-refractivity contribution is -0.117. The second-order valence-corrected chi connectivity index (χ2v) is 8.01. The number of ether oxygens (including phenoxy) is 1. The third-order valence-electron chi connectivity index (χ3n) is 5.71. The average molecular weight is 423 g/mol. The number of hydrogen-bond acceptors (Lipinski definition) is 6. The molecule has 164 valence electrons. The molecule has 3 heterocycles. The summed E-state index contributed by atoms with van der Waals surface area (Å²) in [6.45, 7) is 3.50. The lowest BCUT2D eigenvalue weighted by Gasteiger charge is -2.31. The van der Waals surface area contributed by atoms with Gasteiger partial charge in [-0.25, -0.2) is 4.98 Å². The maximum Gasteiger partial charge on any atom is 0.239 e. The number of hydrogen-bond donors (Lipinski definition) is 2. The molecule has 0 aliphatic carbocycles. The monoisotopic (exact) mass is 422 g/mol. The summed E-state index contributed by atoms with van der Waals surface area (Å²) >= 11 is 0.